The van der Waals surface area contributed by atoms with E-state index in [2.05, 4.69) is 17.2 Å². The van der Waals surface area contributed by atoms with Gasteiger partial charge in [-0.1, -0.05) is 25.5 Å². The van der Waals surface area contributed by atoms with E-state index in [0.717, 1.165) is 12.8 Å². The van der Waals surface area contributed by atoms with Crippen LogP contribution >= 0.6 is 0 Å². The molecular formula is C19H23N3O3. The topological polar surface area (TPSA) is 71.5 Å². The molecule has 0 spiro atoms. The highest BCUT2D eigenvalue weighted by molar-refractivity contribution is 5.96. The number of nitrogens with one attached hydrogen (secondary N) is 1. The van der Waals surface area contributed by atoms with Crippen LogP contribution in [-0.4, -0.2) is 42.5 Å². The number of aromatic nitrogens is 1. The lowest BCUT2D eigenvalue weighted by Gasteiger charge is -2.16. The average Bonchev–Trinajstić information content (AvgIpc) is 2.66. The number of ether oxygens (including phenoxy) is 1. The van der Waals surface area contributed by atoms with Gasteiger partial charge in [0.25, 0.3) is 5.91 Å². The fourth-order valence-electron chi connectivity index (χ4n) is 2.32. The second-order valence-corrected chi connectivity index (χ2v) is 5.67. The Labute approximate surface area is 147 Å². The van der Waals surface area contributed by atoms with E-state index in [4.69, 9.17) is 4.74 Å². The number of para-hydroxylation sites is 1. The number of benzene rings is 1. The molecule has 1 aromatic carbocycles. The normalized spacial score (nSPS) is 10.2. The molecular weight excluding hydrogens is 318 g/mol. The van der Waals surface area contributed by atoms with Crippen molar-refractivity contribution in [3.63, 3.8) is 0 Å². The van der Waals surface area contributed by atoms with Gasteiger partial charge in [0.1, 0.15) is 5.69 Å². The first-order valence-corrected chi connectivity index (χ1v) is 8.22. The zero-order valence-corrected chi connectivity index (χ0v) is 14.8. The van der Waals surface area contributed by atoms with E-state index in [1.54, 1.807) is 48.5 Å². The van der Waals surface area contributed by atoms with Crippen molar-refractivity contribution in [2.75, 3.05) is 26.0 Å². The summed E-state index contributed by atoms with van der Waals surface area (Å²) in [4.78, 5) is 30.0. The molecule has 0 aliphatic carbocycles. The van der Waals surface area contributed by atoms with Gasteiger partial charge in [-0.2, -0.15) is 0 Å². The summed E-state index contributed by atoms with van der Waals surface area (Å²) in [7, 11) is 3.12. The second kappa shape index (κ2) is 8.82. The Hall–Kier alpha value is -2.89. The van der Waals surface area contributed by atoms with Crippen LogP contribution in [0.15, 0.2) is 42.6 Å². The lowest BCUT2D eigenvalue weighted by Crippen LogP contribution is -2.28. The number of carbonyl (C=O) groups excluding carboxylic acids is 2. The predicted molar refractivity (Wildman–Crippen MR) is 97.2 cm³/mol. The van der Waals surface area contributed by atoms with Crippen LogP contribution in [-0.2, 0) is 4.74 Å². The number of anilines is 2. The van der Waals surface area contributed by atoms with Gasteiger partial charge < -0.3 is 15.0 Å². The van der Waals surface area contributed by atoms with Crippen molar-refractivity contribution in [3.8, 4) is 0 Å². The van der Waals surface area contributed by atoms with Crippen molar-refractivity contribution >= 4 is 23.3 Å². The van der Waals surface area contributed by atoms with Crippen LogP contribution in [0.5, 0.6) is 0 Å². The molecule has 0 aliphatic rings. The molecule has 1 heterocycles. The largest absolute Gasteiger partial charge is 0.465 e. The third-order valence-electron chi connectivity index (χ3n) is 3.79. The summed E-state index contributed by atoms with van der Waals surface area (Å²) in [5.41, 5.74) is 2.13. The molecule has 6 heteroatoms. The average molecular weight is 341 g/mol. The van der Waals surface area contributed by atoms with E-state index >= 15 is 0 Å². The number of carbonyl (C=O) groups is 2. The van der Waals surface area contributed by atoms with Crippen LogP contribution in [0.1, 0.15) is 40.6 Å². The number of hydrogen-bond acceptors (Lipinski definition) is 5. The number of amides is 1. The van der Waals surface area contributed by atoms with Crippen molar-refractivity contribution in [2.45, 2.75) is 19.8 Å². The Bertz CT molecular complexity index is 729. The van der Waals surface area contributed by atoms with Gasteiger partial charge in [0.2, 0.25) is 0 Å². The summed E-state index contributed by atoms with van der Waals surface area (Å²) in [5, 5.41) is 3.13. The number of unbranched alkanes of at least 4 members (excludes halogenated alkanes) is 1. The Balaban J connectivity index is 2.11. The molecule has 25 heavy (non-hydrogen) atoms. The first kappa shape index (κ1) is 18.4. The molecule has 6 nitrogen and oxygen atoms in total. The molecule has 2 aromatic rings. The summed E-state index contributed by atoms with van der Waals surface area (Å²) < 4.78 is 4.78. The van der Waals surface area contributed by atoms with Crippen molar-refractivity contribution in [2.24, 2.45) is 0 Å². The molecule has 0 aliphatic heterocycles. The summed E-state index contributed by atoms with van der Waals surface area (Å²) >= 11 is 0. The number of rotatable bonds is 7. The number of nitrogens with zero attached hydrogens (tertiary/aromatic N) is 2. The maximum atomic E-state index is 12.3. The number of pyridine rings is 1. The molecule has 0 fully saturated rings. The minimum absolute atomic E-state index is 0.102. The summed E-state index contributed by atoms with van der Waals surface area (Å²) in [5.74, 6) is -0.518. The van der Waals surface area contributed by atoms with E-state index in [1.807, 2.05) is 6.07 Å². The minimum Gasteiger partial charge on any atom is -0.465 e. The van der Waals surface area contributed by atoms with Gasteiger partial charge in [0, 0.05) is 13.6 Å². The lowest BCUT2D eigenvalue weighted by atomic mass is 10.1. The fourth-order valence-corrected chi connectivity index (χ4v) is 2.32. The minimum atomic E-state index is -0.416. The van der Waals surface area contributed by atoms with Gasteiger partial charge in [-0.15, -0.1) is 0 Å². The SMILES string of the molecule is CCCCN(C)C(=O)c1ccc(Nc2ccccc2C(=O)OC)cn1. The predicted octanol–water partition coefficient (Wildman–Crippen LogP) is 3.48. The van der Waals surface area contributed by atoms with Crippen molar-refractivity contribution in [3.05, 3.63) is 53.9 Å². The molecule has 0 bridgehead atoms. The van der Waals surface area contributed by atoms with Gasteiger partial charge in [-0.05, 0) is 30.7 Å². The maximum absolute atomic E-state index is 12.3. The Morgan fingerprint density at radius 3 is 2.60 bits per heavy atom. The molecule has 1 aromatic heterocycles. The van der Waals surface area contributed by atoms with Gasteiger partial charge >= 0.3 is 5.97 Å². The van der Waals surface area contributed by atoms with Gasteiger partial charge in [-0.25, -0.2) is 9.78 Å². The number of hydrogen-bond donors (Lipinski definition) is 1. The second-order valence-electron chi connectivity index (χ2n) is 5.67. The fraction of sp³-hybridized carbons (Fsp3) is 0.316. The van der Waals surface area contributed by atoms with Gasteiger partial charge in [0.15, 0.2) is 0 Å². The number of methoxy groups -OCH3 is 1. The van der Waals surface area contributed by atoms with E-state index in [-0.39, 0.29) is 5.91 Å². The van der Waals surface area contributed by atoms with E-state index in [0.29, 0.717) is 29.2 Å². The van der Waals surface area contributed by atoms with Crippen LogP contribution in [0.25, 0.3) is 0 Å². The molecule has 0 saturated carbocycles. The maximum Gasteiger partial charge on any atom is 0.339 e. The molecule has 0 radical (unpaired) electrons. The molecule has 132 valence electrons. The lowest BCUT2D eigenvalue weighted by molar-refractivity contribution is 0.0601. The number of esters is 1. The molecule has 0 atom stereocenters. The molecule has 2 rings (SSSR count). The van der Waals surface area contributed by atoms with E-state index in [9.17, 15) is 9.59 Å². The standard InChI is InChI=1S/C19H23N3O3/c1-4-5-12-22(2)18(23)17-11-10-14(13-20-17)21-16-9-7-6-8-15(16)19(24)25-3/h6-11,13,21H,4-5,12H2,1-3H3. The zero-order chi connectivity index (χ0) is 18.2. The highest BCUT2D eigenvalue weighted by Crippen LogP contribution is 2.21. The van der Waals surface area contributed by atoms with Crippen LogP contribution in [0.2, 0.25) is 0 Å². The third-order valence-corrected chi connectivity index (χ3v) is 3.79. The Kier molecular flexibility index (Phi) is 6.51. The van der Waals surface area contributed by atoms with Crippen molar-refractivity contribution < 1.29 is 14.3 Å². The molecule has 0 saturated heterocycles. The van der Waals surface area contributed by atoms with Crippen molar-refractivity contribution in [1.82, 2.24) is 9.88 Å². The van der Waals surface area contributed by atoms with Crippen LogP contribution < -0.4 is 5.32 Å². The summed E-state index contributed by atoms with van der Waals surface area (Å²) in [6, 6.07) is 10.5. The summed E-state index contributed by atoms with van der Waals surface area (Å²) in [6.45, 7) is 2.80. The molecule has 0 unspecified atom stereocenters. The molecule has 1 amide bonds. The highest BCUT2D eigenvalue weighted by Gasteiger charge is 2.14. The van der Waals surface area contributed by atoms with Crippen LogP contribution in [0, 0.1) is 0 Å². The van der Waals surface area contributed by atoms with Gasteiger partial charge in [-0.3, -0.25) is 4.79 Å². The first-order valence-electron chi connectivity index (χ1n) is 8.22. The van der Waals surface area contributed by atoms with Gasteiger partial charge in [0.05, 0.1) is 30.2 Å². The van der Waals surface area contributed by atoms with Crippen molar-refractivity contribution in [1.29, 1.82) is 0 Å². The first-order chi connectivity index (χ1) is 12.1. The van der Waals surface area contributed by atoms with Crippen LogP contribution in [0.3, 0.4) is 0 Å². The van der Waals surface area contributed by atoms with Crippen LogP contribution in [0.4, 0.5) is 11.4 Å². The summed E-state index contributed by atoms with van der Waals surface area (Å²) in [6.07, 6.45) is 3.58. The quantitative estimate of drug-likeness (QED) is 0.781. The highest BCUT2D eigenvalue weighted by atomic mass is 16.5. The van der Waals surface area contributed by atoms with E-state index in [1.165, 1.54) is 7.11 Å². The zero-order valence-electron chi connectivity index (χ0n) is 14.8. The third kappa shape index (κ3) is 4.79. The smallest absolute Gasteiger partial charge is 0.339 e. The monoisotopic (exact) mass is 341 g/mol. The van der Waals surface area contributed by atoms with E-state index < -0.39 is 5.97 Å². The Morgan fingerprint density at radius 2 is 1.96 bits per heavy atom. The Morgan fingerprint density at radius 1 is 1.20 bits per heavy atom. The molecule has 1 N–H and O–H groups in total.